The number of carbonyl (C=O) groups excluding carboxylic acids is 1. The highest BCUT2D eigenvalue weighted by molar-refractivity contribution is 6.03. The minimum absolute atomic E-state index is 0.0202. The minimum Gasteiger partial charge on any atom is -0.490 e. The van der Waals surface area contributed by atoms with Crippen molar-refractivity contribution in [3.63, 3.8) is 0 Å². The molecule has 0 bridgehead atoms. The topological polar surface area (TPSA) is 138 Å². The van der Waals surface area contributed by atoms with Crippen LogP contribution in [0, 0.1) is 17.8 Å². The lowest BCUT2D eigenvalue weighted by molar-refractivity contribution is -0.258. The van der Waals surface area contributed by atoms with Gasteiger partial charge in [-0.25, -0.2) is 0 Å². The number of hydrogen-bond acceptors (Lipinski definition) is 11. The van der Waals surface area contributed by atoms with Crippen molar-refractivity contribution in [3.05, 3.63) is 84.5 Å². The van der Waals surface area contributed by atoms with Gasteiger partial charge in [-0.3, -0.25) is 4.79 Å². The molecule has 12 heteroatoms. The zero-order chi connectivity index (χ0) is 46.9. The van der Waals surface area contributed by atoms with Gasteiger partial charge in [0, 0.05) is 50.5 Å². The summed E-state index contributed by atoms with van der Waals surface area (Å²) in [7, 11) is 0. The second-order valence-electron chi connectivity index (χ2n) is 19.1. The summed E-state index contributed by atoms with van der Waals surface area (Å²) in [6, 6.07) is 11.3. The Kier molecular flexibility index (Phi) is 19.5. The number of rotatable bonds is 29. The number of oxime groups is 1. The summed E-state index contributed by atoms with van der Waals surface area (Å²) in [5.41, 5.74) is 3.66. The van der Waals surface area contributed by atoms with Crippen molar-refractivity contribution in [2.75, 3.05) is 39.8 Å². The van der Waals surface area contributed by atoms with Gasteiger partial charge in [0.1, 0.15) is 24.1 Å². The molecule has 7 rings (SSSR count). The van der Waals surface area contributed by atoms with Crippen molar-refractivity contribution in [2.45, 2.75) is 166 Å². The standard InChI is InChI=1S/C55H78N2O10/c1-4-7-8-9-10-11-12-13-14-23-51(60)57(38-40-25-27-48-49(34-40)64-39-63-48)50-37-46(56-67-52-24-17-20-33-62-52)44-35-41(21-15-18-29-58)43(22-16-19-30-59)53-45-36-42(61-31-5-2)26-28-47(45)66-55(50,54(44)53)65-32-6-3/h5-6,25-28,34-36,41,43,50,52-54,58-59H,2-4,7-24,29-33,37-39H2,1H3/t41-,43+,50-,52?,53+,54+,55+/m0/s1. The van der Waals surface area contributed by atoms with E-state index in [0.717, 1.165) is 86.6 Å². The van der Waals surface area contributed by atoms with E-state index in [1.165, 1.54) is 38.5 Å². The molecule has 1 saturated heterocycles. The highest BCUT2D eigenvalue weighted by Crippen LogP contribution is 2.62. The van der Waals surface area contributed by atoms with Crippen LogP contribution in [-0.4, -0.2) is 84.7 Å². The fourth-order valence-electron chi connectivity index (χ4n) is 11.1. The number of hydrogen-bond donors (Lipinski definition) is 2. The normalized spacial score (nSPS) is 25.4. The number of ether oxygens (including phenoxy) is 6. The summed E-state index contributed by atoms with van der Waals surface area (Å²) in [5, 5.41) is 25.1. The molecular weight excluding hydrogens is 849 g/mol. The highest BCUT2D eigenvalue weighted by atomic mass is 16.8. The summed E-state index contributed by atoms with van der Waals surface area (Å²) >= 11 is 0. The van der Waals surface area contributed by atoms with Gasteiger partial charge in [0.2, 0.25) is 24.8 Å². The number of fused-ring (bicyclic) bond motifs is 3. The first-order valence-electron chi connectivity index (χ1n) is 25.7. The molecule has 1 amide bonds. The monoisotopic (exact) mass is 927 g/mol. The zero-order valence-electron chi connectivity index (χ0n) is 40.2. The lowest BCUT2D eigenvalue weighted by atomic mass is 9.55. The highest BCUT2D eigenvalue weighted by Gasteiger charge is 2.65. The lowest BCUT2D eigenvalue weighted by Gasteiger charge is -2.60. The predicted octanol–water partition coefficient (Wildman–Crippen LogP) is 11.1. The van der Waals surface area contributed by atoms with Crippen molar-refractivity contribution in [2.24, 2.45) is 22.9 Å². The van der Waals surface area contributed by atoms with Crippen molar-refractivity contribution in [1.82, 2.24) is 4.90 Å². The number of nitrogens with zero attached hydrogens (tertiary/aromatic N) is 2. The Labute approximate surface area is 399 Å². The molecule has 1 unspecified atom stereocenters. The molecule has 2 N–H and O–H groups in total. The van der Waals surface area contributed by atoms with Gasteiger partial charge in [-0.1, -0.05) is 107 Å². The van der Waals surface area contributed by atoms with Crippen LogP contribution in [0.1, 0.15) is 152 Å². The molecule has 5 aliphatic rings. The van der Waals surface area contributed by atoms with E-state index in [2.05, 4.69) is 32.2 Å². The van der Waals surface area contributed by atoms with Gasteiger partial charge in [0.05, 0.1) is 24.8 Å². The predicted molar refractivity (Wildman–Crippen MR) is 260 cm³/mol. The zero-order valence-corrected chi connectivity index (χ0v) is 40.2. The Balaban J connectivity index is 1.36. The number of aliphatic hydroxyl groups excluding tert-OH is 2. The molecule has 2 aromatic carbocycles. The third-order valence-corrected chi connectivity index (χ3v) is 14.4. The van der Waals surface area contributed by atoms with Crippen molar-refractivity contribution < 1.29 is 48.3 Å². The van der Waals surface area contributed by atoms with Crippen LogP contribution >= 0.6 is 0 Å². The van der Waals surface area contributed by atoms with E-state index in [9.17, 15) is 10.2 Å². The Hall–Kier alpha value is -4.36. The maximum atomic E-state index is 15.3. The van der Waals surface area contributed by atoms with Gasteiger partial charge in [-0.2, -0.15) is 0 Å². The average Bonchev–Trinajstić information content (AvgIpc) is 3.83. The summed E-state index contributed by atoms with van der Waals surface area (Å²) in [4.78, 5) is 23.7. The Morgan fingerprint density at radius 2 is 1.61 bits per heavy atom. The molecule has 2 fully saturated rings. The second-order valence-corrected chi connectivity index (χ2v) is 19.1. The summed E-state index contributed by atoms with van der Waals surface area (Å²) < 4.78 is 38.6. The van der Waals surface area contributed by atoms with Gasteiger partial charge in [-0.15, -0.1) is 6.58 Å². The van der Waals surface area contributed by atoms with Crippen LogP contribution in [0.25, 0.3) is 0 Å². The smallest absolute Gasteiger partial charge is 0.239 e. The molecular formula is C55H78N2O10. The fourth-order valence-corrected chi connectivity index (χ4v) is 11.1. The van der Waals surface area contributed by atoms with E-state index < -0.39 is 24.0 Å². The number of amides is 1. The third-order valence-electron chi connectivity index (χ3n) is 14.4. The van der Waals surface area contributed by atoms with Crippen LogP contribution < -0.4 is 18.9 Å². The van der Waals surface area contributed by atoms with E-state index in [-0.39, 0.29) is 56.8 Å². The average molecular weight is 927 g/mol. The molecule has 0 aromatic heterocycles. The lowest BCUT2D eigenvalue weighted by Crippen LogP contribution is -2.70. The molecule has 2 aromatic rings. The minimum atomic E-state index is -1.38. The van der Waals surface area contributed by atoms with Gasteiger partial charge < -0.3 is 48.4 Å². The SMILES string of the molecule is C=CCOc1ccc2c(c1)[C@H]1[C@H](CCCCO)[C@@H](CCCCO)C=C3C(=NOC4CCCCO4)C[C@H](N(Cc4ccc5c(c4)OCO5)C(=O)CCCCCCCCCCC)[C@@](OCC=C)(O2)[C@H]31. The fraction of sp³-hybridized carbons (Fsp3) is 0.636. The quantitative estimate of drug-likeness (QED) is 0.0461. The molecule has 0 radical (unpaired) electrons. The van der Waals surface area contributed by atoms with E-state index >= 15 is 4.79 Å². The van der Waals surface area contributed by atoms with Crippen molar-refractivity contribution in [3.8, 4) is 23.0 Å². The largest absolute Gasteiger partial charge is 0.490 e. The van der Waals surface area contributed by atoms with Gasteiger partial charge in [0.25, 0.3) is 0 Å². The third kappa shape index (κ3) is 12.7. The van der Waals surface area contributed by atoms with Gasteiger partial charge in [-0.05, 0) is 98.2 Å². The van der Waals surface area contributed by atoms with Crippen LogP contribution in [0.5, 0.6) is 23.0 Å². The Morgan fingerprint density at radius 3 is 2.36 bits per heavy atom. The first-order valence-corrected chi connectivity index (χ1v) is 25.7. The second kappa shape index (κ2) is 25.8. The van der Waals surface area contributed by atoms with Crippen LogP contribution in [0.4, 0.5) is 0 Å². The Morgan fingerprint density at radius 1 is 0.866 bits per heavy atom. The first kappa shape index (κ1) is 50.5. The molecule has 67 heavy (non-hydrogen) atoms. The van der Waals surface area contributed by atoms with Crippen molar-refractivity contribution in [1.29, 1.82) is 0 Å². The Bertz CT molecular complexity index is 1960. The molecule has 7 atom stereocenters. The van der Waals surface area contributed by atoms with E-state index in [4.69, 9.17) is 38.4 Å². The number of carbonyl (C=O) groups is 1. The van der Waals surface area contributed by atoms with Crippen LogP contribution in [0.15, 0.2) is 78.5 Å². The molecule has 2 aliphatic carbocycles. The molecule has 0 spiro atoms. The number of unbranched alkanes of at least 4 members (excludes halogenated alkanes) is 10. The van der Waals surface area contributed by atoms with Crippen LogP contribution in [0.3, 0.4) is 0 Å². The van der Waals surface area contributed by atoms with Gasteiger partial charge in [0.15, 0.2) is 11.5 Å². The number of benzene rings is 2. The van der Waals surface area contributed by atoms with E-state index in [0.29, 0.717) is 61.9 Å². The van der Waals surface area contributed by atoms with Crippen molar-refractivity contribution >= 4 is 11.6 Å². The maximum Gasteiger partial charge on any atom is 0.239 e. The molecule has 3 heterocycles. The first-order chi connectivity index (χ1) is 32.9. The molecule has 3 aliphatic heterocycles. The number of aliphatic hydroxyl groups is 2. The summed E-state index contributed by atoms with van der Waals surface area (Å²) in [5.74, 6) is 0.964. The summed E-state index contributed by atoms with van der Waals surface area (Å²) in [6.07, 6.45) is 23.9. The molecule has 1 saturated carbocycles. The van der Waals surface area contributed by atoms with E-state index in [1.807, 2.05) is 35.2 Å². The van der Waals surface area contributed by atoms with Gasteiger partial charge >= 0.3 is 0 Å². The maximum absolute atomic E-state index is 15.3. The molecule has 368 valence electrons. The van der Waals surface area contributed by atoms with E-state index in [1.54, 1.807) is 12.2 Å². The molecule has 12 nitrogen and oxygen atoms in total. The van der Waals surface area contributed by atoms with Crippen LogP contribution in [0.2, 0.25) is 0 Å². The summed E-state index contributed by atoms with van der Waals surface area (Å²) in [6.45, 7) is 12.1. The van der Waals surface area contributed by atoms with Crippen LogP contribution in [-0.2, 0) is 25.7 Å². The number of allylic oxidation sites excluding steroid dienone is 1.